The third-order valence-electron chi connectivity index (χ3n) is 3.58. The van der Waals surface area contributed by atoms with Crippen LogP contribution >= 0.6 is 12.2 Å². The molecule has 0 aromatic carbocycles. The summed E-state index contributed by atoms with van der Waals surface area (Å²) in [6, 6.07) is 4.35. The Bertz CT molecular complexity index is 632. The minimum atomic E-state index is 0.559. The summed E-state index contributed by atoms with van der Waals surface area (Å²) in [5, 5.41) is 0. The van der Waals surface area contributed by atoms with Crippen LogP contribution in [0.3, 0.4) is 0 Å². The zero-order chi connectivity index (χ0) is 14.7. The highest BCUT2D eigenvalue weighted by Crippen LogP contribution is 2.16. The van der Waals surface area contributed by atoms with E-state index in [1.807, 2.05) is 16.7 Å². The molecule has 0 aliphatic heterocycles. The number of nitrogens with one attached hydrogen (secondary N) is 1. The Morgan fingerprint density at radius 3 is 2.85 bits per heavy atom. The highest BCUT2D eigenvalue weighted by atomic mass is 32.1. The molecule has 0 saturated heterocycles. The van der Waals surface area contributed by atoms with Crippen molar-refractivity contribution in [3.05, 3.63) is 16.9 Å². The number of rotatable bonds is 6. The predicted molar refractivity (Wildman–Crippen MR) is 83.9 cm³/mol. The first kappa shape index (κ1) is 15.0. The molecule has 0 bridgehead atoms. The number of hydrogen-bond acceptors (Lipinski definition) is 4. The zero-order valence-corrected chi connectivity index (χ0v) is 13.3. The number of aromatic amines is 1. The van der Waals surface area contributed by atoms with E-state index in [4.69, 9.17) is 17.0 Å². The maximum Gasteiger partial charge on any atom is 0.215 e. The van der Waals surface area contributed by atoms with Gasteiger partial charge in [0.1, 0.15) is 0 Å². The number of nitrogens with zero attached hydrogens (tertiary/aromatic N) is 3. The number of aryl methyl sites for hydroxylation is 1. The van der Waals surface area contributed by atoms with Crippen LogP contribution in [-0.4, -0.2) is 46.2 Å². The van der Waals surface area contributed by atoms with E-state index in [0.717, 1.165) is 30.7 Å². The highest BCUT2D eigenvalue weighted by Gasteiger charge is 2.08. The summed E-state index contributed by atoms with van der Waals surface area (Å²) in [5.74, 6) is 0.611. The van der Waals surface area contributed by atoms with Gasteiger partial charge in [0.2, 0.25) is 5.88 Å². The molecule has 2 heterocycles. The fourth-order valence-electron chi connectivity index (χ4n) is 2.07. The van der Waals surface area contributed by atoms with Gasteiger partial charge in [-0.2, -0.15) is 4.98 Å². The van der Waals surface area contributed by atoms with Gasteiger partial charge in [-0.1, -0.05) is 0 Å². The number of imidazole rings is 1. The number of pyridine rings is 1. The lowest BCUT2D eigenvalue weighted by Gasteiger charge is -2.20. The molecular formula is C14H22N4OS. The van der Waals surface area contributed by atoms with E-state index in [-0.39, 0.29) is 0 Å². The minimum Gasteiger partial charge on any atom is -0.481 e. The lowest BCUT2D eigenvalue weighted by molar-refractivity contribution is 0.265. The Kier molecular flexibility index (Phi) is 4.77. The van der Waals surface area contributed by atoms with E-state index in [1.54, 1.807) is 7.11 Å². The molecule has 5 nitrogen and oxygen atoms in total. The second-order valence-electron chi connectivity index (χ2n) is 5.23. The van der Waals surface area contributed by atoms with E-state index >= 15 is 0 Å². The summed E-state index contributed by atoms with van der Waals surface area (Å²) in [5.41, 5.74) is 1.81. The van der Waals surface area contributed by atoms with Gasteiger partial charge in [-0.25, -0.2) is 0 Å². The molecule has 0 atom stereocenters. The second-order valence-corrected chi connectivity index (χ2v) is 5.62. The van der Waals surface area contributed by atoms with Crippen LogP contribution in [-0.2, 0) is 6.54 Å². The van der Waals surface area contributed by atoms with Crippen LogP contribution < -0.4 is 4.74 Å². The molecule has 0 aliphatic rings. The maximum absolute atomic E-state index is 5.38. The van der Waals surface area contributed by atoms with Gasteiger partial charge in [-0.15, -0.1) is 0 Å². The normalized spacial score (nSPS) is 11.7. The summed E-state index contributed by atoms with van der Waals surface area (Å²) in [7, 11) is 3.76. The van der Waals surface area contributed by atoms with E-state index < -0.39 is 0 Å². The van der Waals surface area contributed by atoms with Gasteiger partial charge in [0.25, 0.3) is 0 Å². The fraction of sp³-hybridized carbons (Fsp3) is 0.571. The van der Waals surface area contributed by atoms with Gasteiger partial charge in [-0.05, 0) is 52.1 Å². The largest absolute Gasteiger partial charge is 0.481 e. The second kappa shape index (κ2) is 6.37. The van der Waals surface area contributed by atoms with E-state index in [2.05, 4.69) is 35.8 Å². The van der Waals surface area contributed by atoms with Crippen LogP contribution in [0.15, 0.2) is 12.1 Å². The molecule has 2 aromatic heterocycles. The first-order chi connectivity index (χ1) is 9.52. The van der Waals surface area contributed by atoms with Crippen molar-refractivity contribution < 1.29 is 4.74 Å². The molecule has 0 radical (unpaired) electrons. The lowest BCUT2D eigenvalue weighted by atomic mass is 10.3. The topological polar surface area (TPSA) is 46.1 Å². The molecule has 0 spiro atoms. The molecule has 2 aromatic rings. The molecule has 1 N–H and O–H groups in total. The van der Waals surface area contributed by atoms with Gasteiger partial charge in [0, 0.05) is 18.7 Å². The summed E-state index contributed by atoms with van der Waals surface area (Å²) < 4.78 is 7.94. The number of H-pyrrole nitrogens is 1. The van der Waals surface area contributed by atoms with E-state index in [9.17, 15) is 0 Å². The number of methoxy groups -OCH3 is 1. The molecule has 110 valence electrons. The summed E-state index contributed by atoms with van der Waals surface area (Å²) in [4.78, 5) is 9.99. The average molecular weight is 294 g/mol. The van der Waals surface area contributed by atoms with Crippen molar-refractivity contribution in [1.29, 1.82) is 0 Å². The molecule has 0 amide bonds. The van der Waals surface area contributed by atoms with Gasteiger partial charge in [0.05, 0.1) is 12.6 Å². The Labute approximate surface area is 124 Å². The minimum absolute atomic E-state index is 0.559. The van der Waals surface area contributed by atoms with Crippen LogP contribution in [0.1, 0.15) is 20.3 Å². The monoisotopic (exact) mass is 294 g/mol. The Balaban J connectivity index is 2.16. The van der Waals surface area contributed by atoms with Crippen molar-refractivity contribution in [2.24, 2.45) is 0 Å². The number of aromatic nitrogens is 3. The van der Waals surface area contributed by atoms with Crippen LogP contribution in [0.4, 0.5) is 0 Å². The molecule has 0 saturated carbocycles. The van der Waals surface area contributed by atoms with Crippen molar-refractivity contribution in [3.63, 3.8) is 0 Å². The van der Waals surface area contributed by atoms with Crippen molar-refractivity contribution in [3.8, 4) is 5.88 Å². The summed E-state index contributed by atoms with van der Waals surface area (Å²) in [6.07, 6.45) is 1.04. The molecule has 0 fully saturated rings. The zero-order valence-electron chi connectivity index (χ0n) is 12.5. The lowest BCUT2D eigenvalue weighted by Crippen LogP contribution is -2.27. The Morgan fingerprint density at radius 1 is 1.45 bits per heavy atom. The van der Waals surface area contributed by atoms with E-state index in [0.29, 0.717) is 16.7 Å². The summed E-state index contributed by atoms with van der Waals surface area (Å²) >= 11 is 5.38. The maximum atomic E-state index is 5.38. The van der Waals surface area contributed by atoms with Crippen LogP contribution in [0.25, 0.3) is 11.2 Å². The Hall–Kier alpha value is -1.40. The number of fused-ring (bicyclic) bond motifs is 1. The quantitative estimate of drug-likeness (QED) is 0.832. The first-order valence-corrected chi connectivity index (χ1v) is 7.27. The standard InChI is InChI=1S/C14H22N4OS/c1-10(2)17(3)8-5-9-18-13-11(15-14(18)20)6-7-12(16-13)19-4/h6-7,10H,5,8-9H2,1-4H3,(H,15,20). The molecule has 0 unspecified atom stereocenters. The molecule has 20 heavy (non-hydrogen) atoms. The number of ether oxygens (including phenoxy) is 1. The van der Waals surface area contributed by atoms with Crippen LogP contribution in [0, 0.1) is 4.77 Å². The third-order valence-corrected chi connectivity index (χ3v) is 3.90. The molecule has 0 aliphatic carbocycles. The molecular weight excluding hydrogens is 272 g/mol. The van der Waals surface area contributed by atoms with Gasteiger partial charge in [-0.3, -0.25) is 0 Å². The molecule has 2 rings (SSSR count). The van der Waals surface area contributed by atoms with Crippen molar-refractivity contribution in [1.82, 2.24) is 19.4 Å². The Morgan fingerprint density at radius 2 is 2.20 bits per heavy atom. The van der Waals surface area contributed by atoms with Gasteiger partial charge in [0.15, 0.2) is 10.4 Å². The van der Waals surface area contributed by atoms with E-state index in [1.165, 1.54) is 0 Å². The van der Waals surface area contributed by atoms with Crippen LogP contribution in [0.5, 0.6) is 5.88 Å². The van der Waals surface area contributed by atoms with Crippen molar-refractivity contribution in [2.45, 2.75) is 32.9 Å². The average Bonchev–Trinajstić information content (AvgIpc) is 2.74. The SMILES string of the molecule is COc1ccc2[nH]c(=S)n(CCCN(C)C(C)C)c2n1. The van der Waals surface area contributed by atoms with Crippen molar-refractivity contribution >= 4 is 23.4 Å². The smallest absolute Gasteiger partial charge is 0.215 e. The van der Waals surface area contributed by atoms with Gasteiger partial charge < -0.3 is 19.2 Å². The first-order valence-electron chi connectivity index (χ1n) is 6.86. The van der Waals surface area contributed by atoms with Gasteiger partial charge >= 0.3 is 0 Å². The number of hydrogen-bond donors (Lipinski definition) is 1. The fourth-order valence-corrected chi connectivity index (χ4v) is 2.36. The highest BCUT2D eigenvalue weighted by molar-refractivity contribution is 7.71. The third kappa shape index (κ3) is 3.19. The van der Waals surface area contributed by atoms with Crippen molar-refractivity contribution in [2.75, 3.05) is 20.7 Å². The van der Waals surface area contributed by atoms with Crippen LogP contribution in [0.2, 0.25) is 0 Å². The predicted octanol–water partition coefficient (Wildman–Crippen LogP) is 2.83. The molecule has 6 heteroatoms. The summed E-state index contributed by atoms with van der Waals surface area (Å²) in [6.45, 7) is 6.29.